The van der Waals surface area contributed by atoms with Gasteiger partial charge in [-0.3, -0.25) is 0 Å². The molecule has 8 nitrogen and oxygen atoms in total. The first-order valence-corrected chi connectivity index (χ1v) is 11.2. The Balaban J connectivity index is 2.00. The summed E-state index contributed by atoms with van der Waals surface area (Å²) in [6.45, 7) is 3.97. The van der Waals surface area contributed by atoms with E-state index in [1.807, 2.05) is 38.1 Å². The Morgan fingerprint density at radius 1 is 1.12 bits per heavy atom. The van der Waals surface area contributed by atoms with E-state index in [0.29, 0.717) is 29.6 Å². The molecule has 2 aromatic heterocycles. The first-order valence-electron chi connectivity index (χ1n) is 10.3. The molecule has 0 aliphatic rings. The van der Waals surface area contributed by atoms with Crippen molar-refractivity contribution in [3.8, 4) is 27.9 Å². The molecule has 0 unspecified atom stereocenters. The summed E-state index contributed by atoms with van der Waals surface area (Å²) in [5, 5.41) is 18.6. The van der Waals surface area contributed by atoms with Gasteiger partial charge in [0.1, 0.15) is 22.3 Å². The van der Waals surface area contributed by atoms with Crippen LogP contribution >= 0.6 is 11.3 Å². The number of nitrogens with zero attached hydrogens (tertiary/aromatic N) is 3. The number of aromatic nitrogens is 3. The number of benzene rings is 2. The van der Waals surface area contributed by atoms with Gasteiger partial charge in [-0.05, 0) is 37.6 Å². The number of carbonyl (C=O) groups is 1. The first kappa shape index (κ1) is 22.3. The van der Waals surface area contributed by atoms with Crippen LogP contribution in [0.5, 0.6) is 11.6 Å². The molecule has 2 aromatic carbocycles. The Hall–Kier alpha value is -3.85. The molecule has 4 aromatic rings. The van der Waals surface area contributed by atoms with Gasteiger partial charge in [-0.25, -0.2) is 14.5 Å². The molecule has 2 heterocycles. The highest BCUT2D eigenvalue weighted by molar-refractivity contribution is 7.15. The number of aryl methyl sites for hydroxylation is 2. The monoisotopic (exact) mass is 464 g/mol. The molecule has 0 spiro atoms. The van der Waals surface area contributed by atoms with Crippen LogP contribution in [0.1, 0.15) is 27.9 Å². The Morgan fingerprint density at radius 2 is 1.85 bits per heavy atom. The van der Waals surface area contributed by atoms with E-state index in [1.165, 1.54) is 11.3 Å². The van der Waals surface area contributed by atoms with Gasteiger partial charge in [-0.1, -0.05) is 31.2 Å². The topological polar surface area (TPSA) is 98.5 Å². The van der Waals surface area contributed by atoms with Gasteiger partial charge in [0.05, 0.1) is 41.6 Å². The van der Waals surface area contributed by atoms with Crippen LogP contribution in [-0.2, 0) is 6.42 Å². The normalized spacial score (nSPS) is 10.8. The fraction of sp³-hybridized carbons (Fsp3) is 0.208. The average Bonchev–Trinajstić information content (AvgIpc) is 3.38. The summed E-state index contributed by atoms with van der Waals surface area (Å²) in [4.78, 5) is 17.5. The minimum atomic E-state index is -1.02. The van der Waals surface area contributed by atoms with Gasteiger partial charge in [-0.15, -0.1) is 11.3 Å². The number of carboxylic acid groups (broad SMARTS) is 1. The lowest BCUT2D eigenvalue weighted by Gasteiger charge is -2.15. The summed E-state index contributed by atoms with van der Waals surface area (Å²) >= 11 is 1.50. The van der Waals surface area contributed by atoms with Crippen LogP contribution in [0.4, 0.5) is 11.5 Å². The maximum Gasteiger partial charge on any atom is 0.337 e. The molecule has 0 amide bonds. The van der Waals surface area contributed by atoms with Gasteiger partial charge in [0.15, 0.2) is 0 Å². The Labute approximate surface area is 195 Å². The van der Waals surface area contributed by atoms with Crippen molar-refractivity contribution in [3.05, 3.63) is 64.7 Å². The molecule has 0 aliphatic carbocycles. The molecular weight excluding hydrogens is 440 g/mol. The molecule has 0 saturated heterocycles. The molecule has 0 aliphatic heterocycles. The fourth-order valence-electron chi connectivity index (χ4n) is 3.61. The molecule has 33 heavy (non-hydrogen) atoms. The third-order valence-corrected chi connectivity index (χ3v) is 6.15. The van der Waals surface area contributed by atoms with Crippen LogP contribution in [0.2, 0.25) is 0 Å². The largest absolute Gasteiger partial charge is 0.494 e. The lowest BCUT2D eigenvalue weighted by atomic mass is 10.1. The number of rotatable bonds is 8. The third-order valence-electron chi connectivity index (χ3n) is 5.18. The second-order valence-corrected chi connectivity index (χ2v) is 8.37. The van der Waals surface area contributed by atoms with Crippen LogP contribution in [0, 0.1) is 6.92 Å². The minimum absolute atomic E-state index is 0.155. The zero-order valence-electron chi connectivity index (χ0n) is 18.7. The first-order chi connectivity index (χ1) is 16.0. The van der Waals surface area contributed by atoms with E-state index < -0.39 is 5.97 Å². The highest BCUT2D eigenvalue weighted by Crippen LogP contribution is 2.41. The molecule has 170 valence electrons. The quantitative estimate of drug-likeness (QED) is 0.364. The number of ether oxygens (including phenoxy) is 2. The number of hydrogen-bond acceptors (Lipinski definition) is 7. The second-order valence-electron chi connectivity index (χ2n) is 7.17. The van der Waals surface area contributed by atoms with Crippen LogP contribution < -0.4 is 14.8 Å². The van der Waals surface area contributed by atoms with Crippen molar-refractivity contribution in [1.82, 2.24) is 14.8 Å². The SMILES string of the molecule is CCc1nn(-c2ccccc2OC)c(Nc2ccccc2C(=O)O)c1-c1nc(OC)c(C)s1. The lowest BCUT2D eigenvalue weighted by molar-refractivity contribution is 0.0698. The van der Waals surface area contributed by atoms with Crippen molar-refractivity contribution in [3.63, 3.8) is 0 Å². The molecule has 0 radical (unpaired) electrons. The van der Waals surface area contributed by atoms with Crippen LogP contribution in [0.15, 0.2) is 48.5 Å². The van der Waals surface area contributed by atoms with E-state index in [0.717, 1.165) is 26.8 Å². The van der Waals surface area contributed by atoms with Gasteiger partial charge in [0.25, 0.3) is 0 Å². The summed E-state index contributed by atoms with van der Waals surface area (Å²) in [7, 11) is 3.19. The van der Waals surface area contributed by atoms with Crippen molar-refractivity contribution in [2.75, 3.05) is 19.5 Å². The van der Waals surface area contributed by atoms with Gasteiger partial charge in [-0.2, -0.15) is 5.10 Å². The van der Waals surface area contributed by atoms with Crippen LogP contribution in [0.25, 0.3) is 16.3 Å². The van der Waals surface area contributed by atoms with Crippen molar-refractivity contribution in [2.45, 2.75) is 20.3 Å². The maximum atomic E-state index is 11.9. The fourth-order valence-corrected chi connectivity index (χ4v) is 4.57. The molecule has 0 fully saturated rings. The number of hydrogen-bond donors (Lipinski definition) is 2. The number of methoxy groups -OCH3 is 2. The Bertz CT molecular complexity index is 1310. The number of aromatic carboxylic acids is 1. The smallest absolute Gasteiger partial charge is 0.337 e. The molecule has 0 saturated carbocycles. The Morgan fingerprint density at radius 3 is 2.52 bits per heavy atom. The van der Waals surface area contributed by atoms with E-state index in [2.05, 4.69) is 10.3 Å². The highest BCUT2D eigenvalue weighted by Gasteiger charge is 2.26. The summed E-state index contributed by atoms with van der Waals surface area (Å²) in [5.41, 5.74) is 2.93. The maximum absolute atomic E-state index is 11.9. The van der Waals surface area contributed by atoms with E-state index >= 15 is 0 Å². The summed E-state index contributed by atoms with van der Waals surface area (Å²) in [6, 6.07) is 14.3. The zero-order chi connectivity index (χ0) is 23.5. The van der Waals surface area contributed by atoms with Crippen molar-refractivity contribution >= 4 is 28.8 Å². The second kappa shape index (κ2) is 9.33. The van der Waals surface area contributed by atoms with Gasteiger partial charge < -0.3 is 19.9 Å². The molecule has 9 heteroatoms. The number of anilines is 2. The predicted octanol–water partition coefficient (Wildman–Crippen LogP) is 5.33. The zero-order valence-corrected chi connectivity index (χ0v) is 19.6. The number of nitrogens with one attached hydrogen (secondary N) is 1. The van der Waals surface area contributed by atoms with Gasteiger partial charge >= 0.3 is 5.97 Å². The minimum Gasteiger partial charge on any atom is -0.494 e. The van der Waals surface area contributed by atoms with Crippen molar-refractivity contribution in [2.24, 2.45) is 0 Å². The molecule has 0 bridgehead atoms. The number of carboxylic acids is 1. The molecular formula is C24H24N4O4S. The average molecular weight is 465 g/mol. The highest BCUT2D eigenvalue weighted by atomic mass is 32.1. The van der Waals surface area contributed by atoms with Crippen molar-refractivity contribution < 1.29 is 19.4 Å². The van der Waals surface area contributed by atoms with Crippen molar-refractivity contribution in [1.29, 1.82) is 0 Å². The number of para-hydroxylation sites is 3. The van der Waals surface area contributed by atoms with E-state index in [1.54, 1.807) is 43.2 Å². The van der Waals surface area contributed by atoms with Gasteiger partial charge in [0, 0.05) is 0 Å². The third kappa shape index (κ3) is 4.14. The van der Waals surface area contributed by atoms with E-state index in [-0.39, 0.29) is 5.56 Å². The summed E-state index contributed by atoms with van der Waals surface area (Å²) in [6.07, 6.45) is 0.647. The van der Waals surface area contributed by atoms with E-state index in [9.17, 15) is 9.90 Å². The predicted molar refractivity (Wildman–Crippen MR) is 129 cm³/mol. The standard InChI is InChI=1S/C24H24N4O4S/c1-5-16-20(23-26-22(32-4)14(2)33-23)21(25-17-11-7-6-10-15(17)24(29)30)28(27-16)18-12-8-9-13-19(18)31-3/h6-13,25H,5H2,1-4H3,(H,29,30). The van der Waals surface area contributed by atoms with Gasteiger partial charge in [0.2, 0.25) is 5.88 Å². The van der Waals surface area contributed by atoms with E-state index in [4.69, 9.17) is 14.6 Å². The summed E-state index contributed by atoms with van der Waals surface area (Å²) < 4.78 is 12.7. The lowest BCUT2D eigenvalue weighted by Crippen LogP contribution is -2.08. The molecule has 4 rings (SSSR count). The Kier molecular flexibility index (Phi) is 6.32. The molecule has 0 atom stereocenters. The van der Waals surface area contributed by atoms with Crippen LogP contribution in [0.3, 0.4) is 0 Å². The van der Waals surface area contributed by atoms with Crippen LogP contribution in [-0.4, -0.2) is 40.1 Å². The summed E-state index contributed by atoms with van der Waals surface area (Å²) in [5.74, 6) is 0.766. The number of thiazole rings is 1. The molecule has 2 N–H and O–H groups in total.